The van der Waals surface area contributed by atoms with Gasteiger partial charge in [0, 0.05) is 6.42 Å². The number of anilines is 1. The van der Waals surface area contributed by atoms with E-state index in [0.717, 1.165) is 0 Å². The summed E-state index contributed by atoms with van der Waals surface area (Å²) in [6, 6.07) is 4.55. The van der Waals surface area contributed by atoms with Gasteiger partial charge in [0.05, 0.1) is 10.7 Å². The first kappa shape index (κ1) is 13.3. The molecular formula is C12H12ClNO3. The smallest absolute Gasteiger partial charge is 0.339 e. The minimum atomic E-state index is -1.17. The predicted molar refractivity (Wildman–Crippen MR) is 66.5 cm³/mol. The van der Waals surface area contributed by atoms with Gasteiger partial charge in [0.1, 0.15) is 5.56 Å². The van der Waals surface area contributed by atoms with Crippen molar-refractivity contribution in [3.05, 3.63) is 41.4 Å². The van der Waals surface area contributed by atoms with Gasteiger partial charge in [-0.05, 0) is 18.6 Å². The Morgan fingerprint density at radius 1 is 1.47 bits per heavy atom. The molecule has 0 spiro atoms. The van der Waals surface area contributed by atoms with Gasteiger partial charge in [-0.1, -0.05) is 23.7 Å². The molecule has 1 aromatic carbocycles. The van der Waals surface area contributed by atoms with Crippen LogP contribution in [0.2, 0.25) is 5.02 Å². The Labute approximate surface area is 104 Å². The van der Waals surface area contributed by atoms with E-state index in [0.29, 0.717) is 6.42 Å². The number of carbonyl (C=O) groups excluding carboxylic acids is 1. The van der Waals surface area contributed by atoms with Gasteiger partial charge >= 0.3 is 5.97 Å². The summed E-state index contributed by atoms with van der Waals surface area (Å²) in [6.07, 6.45) is 2.42. The van der Waals surface area contributed by atoms with Crippen molar-refractivity contribution in [2.45, 2.75) is 12.8 Å². The lowest BCUT2D eigenvalue weighted by Gasteiger charge is -2.09. The lowest BCUT2D eigenvalue weighted by Crippen LogP contribution is -2.14. The molecule has 0 heterocycles. The molecule has 0 aliphatic carbocycles. The number of nitrogens with one attached hydrogen (secondary N) is 1. The van der Waals surface area contributed by atoms with Crippen LogP contribution in [0.25, 0.3) is 0 Å². The molecule has 0 saturated carbocycles. The molecule has 0 atom stereocenters. The van der Waals surface area contributed by atoms with E-state index in [2.05, 4.69) is 11.9 Å². The lowest BCUT2D eigenvalue weighted by atomic mass is 10.1. The summed E-state index contributed by atoms with van der Waals surface area (Å²) >= 11 is 5.76. The van der Waals surface area contributed by atoms with Crippen molar-refractivity contribution < 1.29 is 14.7 Å². The summed E-state index contributed by atoms with van der Waals surface area (Å²) in [7, 11) is 0. The van der Waals surface area contributed by atoms with E-state index in [1.165, 1.54) is 12.1 Å². The number of carboxylic acid groups (broad SMARTS) is 1. The second-order valence-electron chi connectivity index (χ2n) is 3.34. The number of aromatic carboxylic acids is 1. The predicted octanol–water partition coefficient (Wildman–Crippen LogP) is 2.94. The molecule has 0 fully saturated rings. The van der Waals surface area contributed by atoms with Crippen molar-refractivity contribution in [2.75, 3.05) is 5.32 Å². The number of benzene rings is 1. The van der Waals surface area contributed by atoms with Crippen molar-refractivity contribution in [1.29, 1.82) is 0 Å². The molecule has 4 nitrogen and oxygen atoms in total. The number of rotatable bonds is 5. The zero-order valence-electron chi connectivity index (χ0n) is 9.07. The highest BCUT2D eigenvalue weighted by atomic mass is 35.5. The van der Waals surface area contributed by atoms with Crippen LogP contribution < -0.4 is 5.32 Å². The third-order valence-corrected chi connectivity index (χ3v) is 2.39. The fraction of sp³-hybridized carbons (Fsp3) is 0.167. The summed E-state index contributed by atoms with van der Waals surface area (Å²) in [5.74, 6) is -1.44. The van der Waals surface area contributed by atoms with Crippen LogP contribution in [0.3, 0.4) is 0 Å². The Bertz CT molecular complexity index is 457. The minimum absolute atomic E-state index is 0.0962. The molecule has 1 rings (SSSR count). The summed E-state index contributed by atoms with van der Waals surface area (Å²) in [6.45, 7) is 3.50. The number of amides is 1. The van der Waals surface area contributed by atoms with Crippen LogP contribution in [-0.2, 0) is 4.79 Å². The molecule has 2 N–H and O–H groups in total. The maximum atomic E-state index is 11.5. The molecule has 0 unspecified atom stereocenters. The highest BCUT2D eigenvalue weighted by molar-refractivity contribution is 6.34. The molecule has 90 valence electrons. The molecule has 0 saturated heterocycles. The second-order valence-corrected chi connectivity index (χ2v) is 3.75. The third kappa shape index (κ3) is 3.60. The molecule has 1 amide bonds. The van der Waals surface area contributed by atoms with Crippen LogP contribution in [0.5, 0.6) is 0 Å². The van der Waals surface area contributed by atoms with Gasteiger partial charge in [-0.15, -0.1) is 6.58 Å². The third-order valence-electron chi connectivity index (χ3n) is 2.08. The number of carboxylic acids is 1. The van der Waals surface area contributed by atoms with E-state index in [1.54, 1.807) is 12.1 Å². The van der Waals surface area contributed by atoms with Crippen LogP contribution in [-0.4, -0.2) is 17.0 Å². The Balaban J connectivity index is 2.91. The van der Waals surface area contributed by atoms with E-state index >= 15 is 0 Å². The first-order chi connectivity index (χ1) is 8.06. The number of carbonyl (C=O) groups is 2. The maximum absolute atomic E-state index is 11.5. The Kier molecular flexibility index (Phi) is 4.72. The average Bonchev–Trinajstić information content (AvgIpc) is 2.25. The van der Waals surface area contributed by atoms with Crippen LogP contribution in [0.1, 0.15) is 23.2 Å². The van der Waals surface area contributed by atoms with Crippen molar-refractivity contribution in [3.63, 3.8) is 0 Å². The van der Waals surface area contributed by atoms with Gasteiger partial charge < -0.3 is 10.4 Å². The molecule has 0 radical (unpaired) electrons. The zero-order chi connectivity index (χ0) is 12.8. The first-order valence-corrected chi connectivity index (χ1v) is 5.36. The maximum Gasteiger partial charge on any atom is 0.339 e. The Morgan fingerprint density at radius 3 is 2.76 bits per heavy atom. The number of allylic oxidation sites excluding steroid dienone is 1. The fourth-order valence-corrected chi connectivity index (χ4v) is 1.55. The van der Waals surface area contributed by atoms with E-state index in [4.69, 9.17) is 16.7 Å². The van der Waals surface area contributed by atoms with Crippen molar-refractivity contribution in [3.8, 4) is 0 Å². The van der Waals surface area contributed by atoms with Gasteiger partial charge in [-0.25, -0.2) is 4.79 Å². The van der Waals surface area contributed by atoms with E-state index < -0.39 is 5.97 Å². The summed E-state index contributed by atoms with van der Waals surface area (Å²) < 4.78 is 0. The molecule has 1 aromatic rings. The van der Waals surface area contributed by atoms with Crippen LogP contribution in [0, 0.1) is 0 Å². The molecule has 0 aliphatic rings. The highest BCUT2D eigenvalue weighted by Crippen LogP contribution is 2.24. The van der Waals surface area contributed by atoms with Crippen LogP contribution >= 0.6 is 11.6 Å². The van der Waals surface area contributed by atoms with Crippen molar-refractivity contribution >= 4 is 29.2 Å². The largest absolute Gasteiger partial charge is 0.478 e. The van der Waals surface area contributed by atoms with Gasteiger partial charge in [0.15, 0.2) is 0 Å². The van der Waals surface area contributed by atoms with Gasteiger partial charge in [0.2, 0.25) is 5.91 Å². The monoisotopic (exact) mass is 253 g/mol. The normalized spacial score (nSPS) is 9.71. The zero-order valence-corrected chi connectivity index (χ0v) is 9.83. The number of halogens is 1. The quantitative estimate of drug-likeness (QED) is 0.793. The minimum Gasteiger partial charge on any atom is -0.478 e. The molecule has 17 heavy (non-hydrogen) atoms. The topological polar surface area (TPSA) is 66.4 Å². The summed E-state index contributed by atoms with van der Waals surface area (Å²) in [4.78, 5) is 22.4. The Morgan fingerprint density at radius 2 is 2.18 bits per heavy atom. The lowest BCUT2D eigenvalue weighted by molar-refractivity contribution is -0.116. The molecule has 0 aromatic heterocycles. The van der Waals surface area contributed by atoms with Crippen molar-refractivity contribution in [1.82, 2.24) is 0 Å². The standard InChI is InChI=1S/C12H12ClNO3/c1-2-3-7-10(15)14-9-6-4-5-8(13)11(9)12(16)17/h2,4-6H,1,3,7H2,(H,14,15)(H,16,17). The van der Waals surface area contributed by atoms with Gasteiger partial charge in [0.25, 0.3) is 0 Å². The van der Waals surface area contributed by atoms with Crippen LogP contribution in [0.15, 0.2) is 30.9 Å². The molecule has 5 heteroatoms. The first-order valence-electron chi connectivity index (χ1n) is 4.98. The van der Waals surface area contributed by atoms with Gasteiger partial charge in [-0.3, -0.25) is 4.79 Å². The summed E-state index contributed by atoms with van der Waals surface area (Å²) in [5, 5.41) is 11.6. The number of hydrogen-bond acceptors (Lipinski definition) is 2. The SMILES string of the molecule is C=CCCC(=O)Nc1cccc(Cl)c1C(=O)O. The van der Waals surface area contributed by atoms with Gasteiger partial charge in [-0.2, -0.15) is 0 Å². The van der Waals surface area contributed by atoms with Crippen molar-refractivity contribution in [2.24, 2.45) is 0 Å². The van der Waals surface area contributed by atoms with Crippen LogP contribution in [0.4, 0.5) is 5.69 Å². The van der Waals surface area contributed by atoms with E-state index in [1.807, 2.05) is 0 Å². The highest BCUT2D eigenvalue weighted by Gasteiger charge is 2.15. The number of hydrogen-bond donors (Lipinski definition) is 2. The Hall–Kier alpha value is -1.81. The van der Waals surface area contributed by atoms with E-state index in [9.17, 15) is 9.59 Å². The average molecular weight is 254 g/mol. The summed E-state index contributed by atoms with van der Waals surface area (Å²) in [5.41, 5.74) is 0.111. The second kappa shape index (κ2) is 6.06. The van der Waals surface area contributed by atoms with E-state index in [-0.39, 0.29) is 28.6 Å². The molecule has 0 aliphatic heterocycles. The molecule has 0 bridgehead atoms. The molecular weight excluding hydrogens is 242 g/mol. The fourth-order valence-electron chi connectivity index (χ4n) is 1.29.